The third kappa shape index (κ3) is 3.66. The predicted octanol–water partition coefficient (Wildman–Crippen LogP) is 7.80. The van der Waals surface area contributed by atoms with Gasteiger partial charge in [-0.1, -0.05) is 65.3 Å². The van der Waals surface area contributed by atoms with Crippen molar-refractivity contribution in [2.24, 2.45) is 52.3 Å². The highest BCUT2D eigenvalue weighted by molar-refractivity contribution is 5.25. The molecule has 0 heterocycles. The van der Waals surface area contributed by atoms with E-state index in [4.69, 9.17) is 0 Å². The maximum Gasteiger partial charge on any atom is 0.0577 e. The average Bonchev–Trinajstić information content (AvgIpc) is 3.06. The zero-order valence-electron chi connectivity index (χ0n) is 20.7. The van der Waals surface area contributed by atoms with Gasteiger partial charge in [-0.3, -0.25) is 0 Å². The van der Waals surface area contributed by atoms with Crippen molar-refractivity contribution in [1.82, 2.24) is 0 Å². The molecule has 3 saturated carbocycles. The van der Waals surface area contributed by atoms with Gasteiger partial charge >= 0.3 is 0 Å². The first-order chi connectivity index (χ1) is 14.2. The summed E-state index contributed by atoms with van der Waals surface area (Å²) in [5.41, 5.74) is 2.51. The van der Waals surface area contributed by atoms with Crippen molar-refractivity contribution in [2.75, 3.05) is 0 Å². The van der Waals surface area contributed by atoms with Gasteiger partial charge in [0, 0.05) is 0 Å². The molecule has 0 aliphatic heterocycles. The van der Waals surface area contributed by atoms with Gasteiger partial charge in [-0.2, -0.15) is 0 Å². The van der Waals surface area contributed by atoms with Gasteiger partial charge in [0.05, 0.1) is 6.10 Å². The molecule has 9 atom stereocenters. The SMILES string of the molecule is CC[C@@H](/C=C/[C@@H](C)[C@@H]1CC[C@H]2[C@@H]3CC=C4C[C@@H](O)CC[C@]4(C)[C@@H]3CC[C@]21C)C(C)C. The number of aliphatic hydroxyl groups is 1. The molecular formula is C29H48O. The molecule has 1 nitrogen and oxygen atoms in total. The molecule has 1 heteroatoms. The lowest BCUT2D eigenvalue weighted by atomic mass is 9.47. The van der Waals surface area contributed by atoms with E-state index in [1.807, 2.05) is 0 Å². The van der Waals surface area contributed by atoms with Crippen LogP contribution in [-0.4, -0.2) is 11.2 Å². The number of allylic oxidation sites excluding steroid dienone is 3. The third-order valence-electron chi connectivity index (χ3n) is 10.8. The lowest BCUT2D eigenvalue weighted by Crippen LogP contribution is -2.50. The maximum absolute atomic E-state index is 10.2. The molecule has 0 amide bonds. The topological polar surface area (TPSA) is 20.2 Å². The fourth-order valence-corrected chi connectivity index (χ4v) is 8.83. The highest BCUT2D eigenvalue weighted by Crippen LogP contribution is 2.67. The van der Waals surface area contributed by atoms with Crippen LogP contribution < -0.4 is 0 Å². The standard InChI is InChI=1S/C29H48O/c1-7-21(19(2)3)9-8-20(4)25-12-13-26-24-11-10-22-18-23(30)14-16-28(22,5)27(24)15-17-29(25,26)6/h8-10,19-21,23-27,30H,7,11-18H2,1-6H3/b9-8+/t20-,21+,23+,24+,25+,26+,27-,28+,29+/m1/s1. The average molecular weight is 413 g/mol. The Morgan fingerprint density at radius 2 is 1.80 bits per heavy atom. The van der Waals surface area contributed by atoms with Gasteiger partial charge < -0.3 is 5.11 Å². The van der Waals surface area contributed by atoms with Gasteiger partial charge in [0.1, 0.15) is 0 Å². The van der Waals surface area contributed by atoms with E-state index in [1.54, 1.807) is 5.57 Å². The summed E-state index contributed by atoms with van der Waals surface area (Å²) < 4.78 is 0. The molecule has 1 N–H and O–H groups in total. The van der Waals surface area contributed by atoms with Crippen LogP contribution in [0.3, 0.4) is 0 Å². The Balaban J connectivity index is 1.52. The molecule has 0 aromatic rings. The van der Waals surface area contributed by atoms with E-state index in [2.05, 4.69) is 59.8 Å². The highest BCUT2D eigenvalue weighted by Gasteiger charge is 2.58. The molecule has 0 bridgehead atoms. The third-order valence-corrected chi connectivity index (χ3v) is 10.8. The maximum atomic E-state index is 10.2. The Bertz CT molecular complexity index is 674. The molecule has 0 aromatic heterocycles. The smallest absolute Gasteiger partial charge is 0.0577 e. The lowest BCUT2D eigenvalue weighted by molar-refractivity contribution is -0.0540. The minimum absolute atomic E-state index is 0.0870. The highest BCUT2D eigenvalue weighted by atomic mass is 16.3. The first-order valence-corrected chi connectivity index (χ1v) is 13.3. The van der Waals surface area contributed by atoms with Crippen LogP contribution >= 0.6 is 0 Å². The summed E-state index contributed by atoms with van der Waals surface area (Å²) in [5.74, 6) is 5.70. The summed E-state index contributed by atoms with van der Waals surface area (Å²) in [7, 11) is 0. The predicted molar refractivity (Wildman–Crippen MR) is 128 cm³/mol. The van der Waals surface area contributed by atoms with Crippen LogP contribution in [0.1, 0.15) is 99.3 Å². The fourth-order valence-electron chi connectivity index (χ4n) is 8.83. The molecule has 0 spiro atoms. The van der Waals surface area contributed by atoms with E-state index < -0.39 is 0 Å². The monoisotopic (exact) mass is 412 g/mol. The molecule has 30 heavy (non-hydrogen) atoms. The first kappa shape index (κ1) is 22.6. The van der Waals surface area contributed by atoms with Crippen LogP contribution in [-0.2, 0) is 0 Å². The van der Waals surface area contributed by atoms with Gasteiger partial charge in [-0.05, 0) is 110 Å². The molecule has 0 radical (unpaired) electrons. The quantitative estimate of drug-likeness (QED) is 0.457. The largest absolute Gasteiger partial charge is 0.393 e. The Labute approximate surface area is 186 Å². The van der Waals surface area contributed by atoms with Crippen molar-refractivity contribution in [3.8, 4) is 0 Å². The first-order valence-electron chi connectivity index (χ1n) is 13.3. The van der Waals surface area contributed by atoms with E-state index in [0.29, 0.717) is 16.7 Å². The molecule has 4 aliphatic carbocycles. The molecule has 170 valence electrons. The number of aliphatic hydroxyl groups excluding tert-OH is 1. The molecule has 0 unspecified atom stereocenters. The zero-order valence-corrected chi connectivity index (χ0v) is 20.7. The second kappa shape index (κ2) is 8.42. The Hall–Kier alpha value is -0.560. The molecular weight excluding hydrogens is 364 g/mol. The van der Waals surface area contributed by atoms with Gasteiger partial charge in [0.25, 0.3) is 0 Å². The Kier molecular flexibility index (Phi) is 6.35. The van der Waals surface area contributed by atoms with Crippen LogP contribution in [0.15, 0.2) is 23.8 Å². The second-order valence-corrected chi connectivity index (χ2v) is 12.4. The summed E-state index contributed by atoms with van der Waals surface area (Å²) in [6.07, 6.45) is 19.1. The number of fused-ring (bicyclic) bond motifs is 5. The summed E-state index contributed by atoms with van der Waals surface area (Å²) in [6, 6.07) is 0. The minimum Gasteiger partial charge on any atom is -0.393 e. The second-order valence-electron chi connectivity index (χ2n) is 12.4. The summed E-state index contributed by atoms with van der Waals surface area (Å²) >= 11 is 0. The number of rotatable bonds is 5. The normalized spacial score (nSPS) is 45.6. The van der Waals surface area contributed by atoms with Crippen molar-refractivity contribution >= 4 is 0 Å². The molecule has 0 aromatic carbocycles. The number of hydrogen-bond acceptors (Lipinski definition) is 1. The fraction of sp³-hybridized carbons (Fsp3) is 0.862. The Morgan fingerprint density at radius 3 is 2.50 bits per heavy atom. The van der Waals surface area contributed by atoms with Crippen LogP contribution in [0.2, 0.25) is 0 Å². The molecule has 3 fully saturated rings. The van der Waals surface area contributed by atoms with E-state index in [9.17, 15) is 5.11 Å². The van der Waals surface area contributed by atoms with Crippen molar-refractivity contribution in [3.63, 3.8) is 0 Å². The van der Waals surface area contributed by atoms with Gasteiger partial charge in [0.2, 0.25) is 0 Å². The van der Waals surface area contributed by atoms with E-state index >= 15 is 0 Å². The van der Waals surface area contributed by atoms with Gasteiger partial charge in [-0.15, -0.1) is 0 Å². The summed E-state index contributed by atoms with van der Waals surface area (Å²) in [5, 5.41) is 10.2. The Morgan fingerprint density at radius 1 is 1.03 bits per heavy atom. The van der Waals surface area contributed by atoms with Crippen molar-refractivity contribution in [2.45, 2.75) is 105 Å². The van der Waals surface area contributed by atoms with E-state index in [0.717, 1.165) is 48.3 Å². The van der Waals surface area contributed by atoms with Crippen LogP contribution in [0.4, 0.5) is 0 Å². The van der Waals surface area contributed by atoms with Crippen LogP contribution in [0.25, 0.3) is 0 Å². The van der Waals surface area contributed by atoms with E-state index in [-0.39, 0.29) is 6.10 Å². The summed E-state index contributed by atoms with van der Waals surface area (Å²) in [6.45, 7) is 14.8. The van der Waals surface area contributed by atoms with Crippen molar-refractivity contribution in [3.05, 3.63) is 23.8 Å². The van der Waals surface area contributed by atoms with Crippen molar-refractivity contribution in [1.29, 1.82) is 0 Å². The van der Waals surface area contributed by atoms with Crippen LogP contribution in [0, 0.1) is 52.3 Å². The zero-order chi connectivity index (χ0) is 21.7. The van der Waals surface area contributed by atoms with E-state index in [1.165, 1.54) is 44.9 Å². The van der Waals surface area contributed by atoms with Crippen molar-refractivity contribution < 1.29 is 5.11 Å². The lowest BCUT2D eigenvalue weighted by Gasteiger charge is -2.58. The van der Waals surface area contributed by atoms with Gasteiger partial charge in [-0.25, -0.2) is 0 Å². The molecule has 4 rings (SSSR count). The molecule has 4 aliphatic rings. The van der Waals surface area contributed by atoms with Crippen LogP contribution in [0.5, 0.6) is 0 Å². The minimum atomic E-state index is -0.0870. The summed E-state index contributed by atoms with van der Waals surface area (Å²) in [4.78, 5) is 0. The number of hydrogen-bond donors (Lipinski definition) is 1. The molecule has 0 saturated heterocycles. The van der Waals surface area contributed by atoms with Gasteiger partial charge in [0.15, 0.2) is 0 Å².